The van der Waals surface area contributed by atoms with Crippen LogP contribution in [0, 0.1) is 0 Å². The normalized spacial score (nSPS) is 14.8. The Labute approximate surface area is 212 Å². The highest BCUT2D eigenvalue weighted by Gasteiger charge is 2.35. The fourth-order valence-corrected chi connectivity index (χ4v) is 4.48. The van der Waals surface area contributed by atoms with Crippen molar-refractivity contribution in [2.75, 3.05) is 0 Å². The van der Waals surface area contributed by atoms with Crippen molar-refractivity contribution in [1.82, 2.24) is 4.90 Å². The van der Waals surface area contributed by atoms with Crippen molar-refractivity contribution < 1.29 is 19.1 Å². The van der Waals surface area contributed by atoms with Gasteiger partial charge in [-0.1, -0.05) is 51.3 Å². The zero-order valence-electron chi connectivity index (χ0n) is 16.8. The fourth-order valence-electron chi connectivity index (χ4n) is 3.02. The summed E-state index contributed by atoms with van der Waals surface area (Å²) < 4.78 is 6.28. The quantitative estimate of drug-likeness (QED) is 0.187. The van der Waals surface area contributed by atoms with E-state index in [1.54, 1.807) is 72.8 Å². The van der Waals surface area contributed by atoms with Gasteiger partial charge >= 0.3 is 5.97 Å². The average Bonchev–Trinajstić information content (AvgIpc) is 3.05. The van der Waals surface area contributed by atoms with Gasteiger partial charge in [-0.25, -0.2) is 4.79 Å². The third kappa shape index (κ3) is 5.68. The maximum Gasteiger partial charge on any atom is 0.343 e. The van der Waals surface area contributed by atoms with Gasteiger partial charge in [0.25, 0.3) is 11.1 Å². The average molecular weight is 563 g/mol. The van der Waals surface area contributed by atoms with Crippen molar-refractivity contribution in [3.05, 3.63) is 103 Å². The van der Waals surface area contributed by atoms with Crippen molar-refractivity contribution >= 4 is 74.1 Å². The second-order valence-electron chi connectivity index (χ2n) is 6.97. The summed E-state index contributed by atoms with van der Waals surface area (Å²) in [5, 5.41) is 0.698. The van der Waals surface area contributed by atoms with Gasteiger partial charge in [0.2, 0.25) is 0 Å². The Morgan fingerprint density at radius 1 is 0.970 bits per heavy atom. The van der Waals surface area contributed by atoms with Crippen LogP contribution in [0.1, 0.15) is 21.5 Å². The number of hydrogen-bond donors (Lipinski definition) is 0. The molecule has 0 spiro atoms. The Hall–Kier alpha value is -2.58. The summed E-state index contributed by atoms with van der Waals surface area (Å²) in [4.78, 5) is 39.4. The van der Waals surface area contributed by atoms with E-state index in [2.05, 4.69) is 15.9 Å². The minimum absolute atomic E-state index is 0.135. The molecule has 9 heteroatoms. The van der Waals surface area contributed by atoms with Gasteiger partial charge < -0.3 is 4.74 Å². The van der Waals surface area contributed by atoms with Crippen LogP contribution in [-0.4, -0.2) is 22.0 Å². The van der Waals surface area contributed by atoms with Gasteiger partial charge in [0.1, 0.15) is 5.75 Å². The first kappa shape index (κ1) is 23.6. The molecular formula is C24H14BrCl2NO4S. The van der Waals surface area contributed by atoms with E-state index in [0.717, 1.165) is 26.7 Å². The number of thioether (sulfide) groups is 1. The minimum Gasteiger partial charge on any atom is -0.422 e. The standard InChI is InChI=1S/C24H14BrCl2NO4S/c25-17-5-10-20(32-23(30)15-3-8-19(27)9-4-15)16(11-17)12-21-22(29)28(24(31)33-21)13-14-1-6-18(26)7-2-14/h1-12H,13H2/b21-12-. The molecule has 1 aliphatic heterocycles. The van der Waals surface area contributed by atoms with Crippen LogP contribution in [0.25, 0.3) is 6.08 Å². The zero-order valence-corrected chi connectivity index (χ0v) is 20.7. The number of halogens is 3. The maximum absolute atomic E-state index is 12.9. The number of benzene rings is 3. The molecule has 4 rings (SSSR count). The molecule has 0 aliphatic carbocycles. The molecule has 5 nitrogen and oxygen atoms in total. The zero-order chi connectivity index (χ0) is 23.5. The summed E-state index contributed by atoms with van der Waals surface area (Å²) in [6.45, 7) is 0.135. The fraction of sp³-hybridized carbons (Fsp3) is 0.0417. The first-order chi connectivity index (χ1) is 15.8. The molecule has 1 aliphatic rings. The number of rotatable bonds is 5. The van der Waals surface area contributed by atoms with E-state index in [9.17, 15) is 14.4 Å². The summed E-state index contributed by atoms with van der Waals surface area (Å²) in [6, 6.07) is 18.3. The van der Waals surface area contributed by atoms with Crippen molar-refractivity contribution in [3.63, 3.8) is 0 Å². The Bertz CT molecular complexity index is 1280. The van der Waals surface area contributed by atoms with Crippen molar-refractivity contribution in [2.45, 2.75) is 6.54 Å². The Morgan fingerprint density at radius 2 is 1.61 bits per heavy atom. The summed E-state index contributed by atoms with van der Waals surface area (Å²) in [6.07, 6.45) is 1.54. The van der Waals surface area contributed by atoms with Crippen LogP contribution >= 0.6 is 50.9 Å². The molecule has 1 saturated heterocycles. The van der Waals surface area contributed by atoms with Crippen LogP contribution in [0.4, 0.5) is 4.79 Å². The van der Waals surface area contributed by atoms with E-state index in [1.165, 1.54) is 0 Å². The van der Waals surface area contributed by atoms with Gasteiger partial charge in [0, 0.05) is 20.1 Å². The number of esters is 1. The molecule has 166 valence electrons. The molecule has 0 bridgehead atoms. The second-order valence-corrected chi connectivity index (χ2v) is 9.75. The van der Waals surface area contributed by atoms with E-state index in [0.29, 0.717) is 21.2 Å². The largest absolute Gasteiger partial charge is 0.422 e. The topological polar surface area (TPSA) is 63.7 Å². The van der Waals surface area contributed by atoms with Gasteiger partial charge in [-0.05, 0) is 78.0 Å². The third-order valence-electron chi connectivity index (χ3n) is 4.67. The molecule has 0 N–H and O–H groups in total. The monoisotopic (exact) mass is 561 g/mol. The highest BCUT2D eigenvalue weighted by atomic mass is 79.9. The summed E-state index contributed by atoms with van der Waals surface area (Å²) >= 11 is 16.0. The number of amides is 2. The number of carbonyl (C=O) groups is 3. The molecule has 0 atom stereocenters. The molecule has 1 fully saturated rings. The van der Waals surface area contributed by atoms with E-state index in [4.69, 9.17) is 27.9 Å². The molecule has 0 saturated carbocycles. The first-order valence-electron chi connectivity index (χ1n) is 9.57. The highest BCUT2D eigenvalue weighted by molar-refractivity contribution is 9.10. The molecular weight excluding hydrogens is 549 g/mol. The van der Waals surface area contributed by atoms with E-state index >= 15 is 0 Å². The lowest BCUT2D eigenvalue weighted by molar-refractivity contribution is -0.123. The molecule has 0 aromatic heterocycles. The van der Waals surface area contributed by atoms with Gasteiger partial charge in [0.15, 0.2) is 0 Å². The Morgan fingerprint density at radius 3 is 2.27 bits per heavy atom. The van der Waals surface area contributed by atoms with E-state index in [1.807, 2.05) is 0 Å². The van der Waals surface area contributed by atoms with Gasteiger partial charge in [-0.2, -0.15) is 0 Å². The Kier molecular flexibility index (Phi) is 7.24. The van der Waals surface area contributed by atoms with E-state index < -0.39 is 11.9 Å². The molecule has 3 aromatic rings. The maximum atomic E-state index is 12.9. The van der Waals surface area contributed by atoms with Crippen molar-refractivity contribution in [3.8, 4) is 5.75 Å². The summed E-state index contributed by atoms with van der Waals surface area (Å²) in [5.41, 5.74) is 1.59. The number of hydrogen-bond acceptors (Lipinski definition) is 5. The summed E-state index contributed by atoms with van der Waals surface area (Å²) in [5.74, 6) is -0.739. The van der Waals surface area contributed by atoms with Gasteiger partial charge in [-0.3, -0.25) is 14.5 Å². The van der Waals surface area contributed by atoms with Crippen LogP contribution in [0.3, 0.4) is 0 Å². The molecule has 2 amide bonds. The van der Waals surface area contributed by atoms with Crippen LogP contribution in [0.2, 0.25) is 10.0 Å². The number of ether oxygens (including phenoxy) is 1. The van der Waals surface area contributed by atoms with Gasteiger partial charge in [-0.15, -0.1) is 0 Å². The number of imide groups is 1. The van der Waals surface area contributed by atoms with Crippen molar-refractivity contribution in [2.24, 2.45) is 0 Å². The first-order valence-corrected chi connectivity index (χ1v) is 11.9. The predicted molar refractivity (Wildman–Crippen MR) is 134 cm³/mol. The smallest absolute Gasteiger partial charge is 0.343 e. The van der Waals surface area contributed by atoms with Crippen LogP contribution < -0.4 is 4.74 Å². The summed E-state index contributed by atoms with van der Waals surface area (Å²) in [7, 11) is 0. The lowest BCUT2D eigenvalue weighted by atomic mass is 10.1. The number of nitrogens with zero attached hydrogens (tertiary/aromatic N) is 1. The third-order valence-corrected chi connectivity index (χ3v) is 6.57. The SMILES string of the molecule is O=C(Oc1ccc(Br)cc1/C=C1\SC(=O)N(Cc2ccc(Cl)cc2)C1=O)c1ccc(Cl)cc1. The molecule has 1 heterocycles. The highest BCUT2D eigenvalue weighted by Crippen LogP contribution is 2.36. The van der Waals surface area contributed by atoms with Crippen LogP contribution in [0.15, 0.2) is 76.1 Å². The van der Waals surface area contributed by atoms with Gasteiger partial charge in [0.05, 0.1) is 17.0 Å². The molecule has 3 aromatic carbocycles. The second kappa shape index (κ2) is 10.1. The lowest BCUT2D eigenvalue weighted by Gasteiger charge is -2.12. The number of carbonyl (C=O) groups excluding carboxylic acids is 3. The van der Waals surface area contributed by atoms with E-state index in [-0.39, 0.29) is 22.4 Å². The molecule has 0 unspecified atom stereocenters. The minimum atomic E-state index is -0.570. The van der Waals surface area contributed by atoms with Crippen molar-refractivity contribution in [1.29, 1.82) is 0 Å². The predicted octanol–water partition coefficient (Wildman–Crippen LogP) is 7.21. The lowest BCUT2D eigenvalue weighted by Crippen LogP contribution is -2.27. The van der Waals surface area contributed by atoms with Crippen LogP contribution in [-0.2, 0) is 11.3 Å². The molecule has 0 radical (unpaired) electrons. The van der Waals surface area contributed by atoms with Crippen LogP contribution in [0.5, 0.6) is 5.75 Å². The molecule has 33 heavy (non-hydrogen) atoms. The Balaban J connectivity index is 1.58.